The number of halogens is 1. The van der Waals surface area contributed by atoms with Crippen LogP contribution in [0, 0.1) is 5.92 Å². The average Bonchev–Trinajstić information content (AvgIpc) is 2.71. The molecule has 1 unspecified atom stereocenters. The van der Waals surface area contributed by atoms with Crippen molar-refractivity contribution < 1.29 is 4.79 Å². The second-order valence-corrected chi connectivity index (χ2v) is 7.04. The number of hydrogen-bond acceptors (Lipinski definition) is 2. The number of hydrogen-bond donors (Lipinski definition) is 0. The van der Waals surface area contributed by atoms with E-state index in [0.29, 0.717) is 11.6 Å². The summed E-state index contributed by atoms with van der Waals surface area (Å²) in [6, 6.07) is 20.0. The van der Waals surface area contributed by atoms with Crippen molar-refractivity contribution in [1.82, 2.24) is 9.88 Å². The summed E-state index contributed by atoms with van der Waals surface area (Å²) in [6.45, 7) is 4.06. The molecule has 1 amide bonds. The highest BCUT2D eigenvalue weighted by atomic mass is 35.5. The number of alkyl halides is 1. The Bertz CT molecular complexity index is 910. The van der Waals surface area contributed by atoms with Crippen molar-refractivity contribution in [1.29, 1.82) is 0 Å². The molecular formula is C22H23ClN2O. The van der Waals surface area contributed by atoms with E-state index >= 15 is 0 Å². The predicted octanol–water partition coefficient (Wildman–Crippen LogP) is 5.24. The van der Waals surface area contributed by atoms with E-state index < -0.39 is 0 Å². The molecule has 0 bridgehead atoms. The number of amides is 1. The van der Waals surface area contributed by atoms with Gasteiger partial charge >= 0.3 is 0 Å². The van der Waals surface area contributed by atoms with Crippen molar-refractivity contribution in [2.45, 2.75) is 19.9 Å². The second kappa shape index (κ2) is 7.88. The zero-order chi connectivity index (χ0) is 18.7. The van der Waals surface area contributed by atoms with Gasteiger partial charge in [0.1, 0.15) is 5.69 Å². The summed E-state index contributed by atoms with van der Waals surface area (Å²) >= 11 is 5.97. The van der Waals surface area contributed by atoms with Crippen molar-refractivity contribution >= 4 is 28.4 Å². The van der Waals surface area contributed by atoms with Crippen LogP contribution in [0.2, 0.25) is 0 Å². The van der Waals surface area contributed by atoms with E-state index in [-0.39, 0.29) is 17.9 Å². The third-order valence-electron chi connectivity index (χ3n) is 5.02. The Kier molecular flexibility index (Phi) is 5.58. The Labute approximate surface area is 159 Å². The number of nitrogens with zero attached hydrogens (tertiary/aromatic N) is 2. The Balaban J connectivity index is 2.09. The van der Waals surface area contributed by atoms with Crippen LogP contribution in [0.5, 0.6) is 0 Å². The molecule has 2 aromatic carbocycles. The molecule has 0 saturated heterocycles. The Morgan fingerprint density at radius 1 is 1.08 bits per heavy atom. The van der Waals surface area contributed by atoms with Crippen molar-refractivity contribution in [3.8, 4) is 11.1 Å². The third-order valence-corrected chi connectivity index (χ3v) is 5.51. The molecule has 26 heavy (non-hydrogen) atoms. The summed E-state index contributed by atoms with van der Waals surface area (Å²) in [7, 11) is 1.81. The van der Waals surface area contributed by atoms with Gasteiger partial charge in [-0.2, -0.15) is 0 Å². The number of carbonyl (C=O) groups excluding carboxylic acids is 1. The zero-order valence-electron chi connectivity index (χ0n) is 15.3. The molecule has 0 aliphatic carbocycles. The Morgan fingerprint density at radius 2 is 1.73 bits per heavy atom. The van der Waals surface area contributed by atoms with Gasteiger partial charge in [0.05, 0.1) is 5.52 Å². The highest BCUT2D eigenvalue weighted by Crippen LogP contribution is 2.29. The molecule has 0 N–H and O–H groups in total. The van der Waals surface area contributed by atoms with E-state index in [0.717, 1.165) is 22.0 Å². The SMILES string of the molecule is CC([C@@H](C)CCl)N(C)C(=O)c1cc(-c2ccccc2)c2ccccc2n1. The van der Waals surface area contributed by atoms with Gasteiger partial charge in [-0.25, -0.2) is 4.98 Å². The first kappa shape index (κ1) is 18.4. The van der Waals surface area contributed by atoms with Gasteiger partial charge in [0.25, 0.3) is 5.91 Å². The fourth-order valence-corrected chi connectivity index (χ4v) is 3.28. The van der Waals surface area contributed by atoms with Gasteiger partial charge in [-0.15, -0.1) is 11.6 Å². The van der Waals surface area contributed by atoms with Gasteiger partial charge in [0, 0.05) is 24.4 Å². The molecule has 3 aromatic rings. The van der Waals surface area contributed by atoms with Crippen molar-refractivity contribution in [3.05, 3.63) is 66.4 Å². The van der Waals surface area contributed by atoms with Crippen molar-refractivity contribution in [3.63, 3.8) is 0 Å². The van der Waals surface area contributed by atoms with Crippen LogP contribution < -0.4 is 0 Å². The fourth-order valence-electron chi connectivity index (χ4n) is 3.02. The molecule has 134 valence electrons. The Hall–Kier alpha value is -2.39. The molecule has 0 aliphatic rings. The quantitative estimate of drug-likeness (QED) is 0.579. The first-order chi connectivity index (χ1) is 12.5. The molecule has 0 radical (unpaired) electrons. The zero-order valence-corrected chi connectivity index (χ0v) is 16.1. The predicted molar refractivity (Wildman–Crippen MR) is 109 cm³/mol. The van der Waals surface area contributed by atoms with E-state index in [4.69, 9.17) is 11.6 Å². The van der Waals surface area contributed by atoms with E-state index in [2.05, 4.69) is 17.1 Å². The largest absolute Gasteiger partial charge is 0.337 e. The average molecular weight is 367 g/mol. The summed E-state index contributed by atoms with van der Waals surface area (Å²) in [4.78, 5) is 19.4. The topological polar surface area (TPSA) is 33.2 Å². The number of rotatable bonds is 5. The minimum Gasteiger partial charge on any atom is -0.337 e. The van der Waals surface area contributed by atoms with Crippen LogP contribution in [0.25, 0.3) is 22.0 Å². The number of aromatic nitrogens is 1. The lowest BCUT2D eigenvalue weighted by atomic mass is 9.99. The molecule has 4 heteroatoms. The summed E-state index contributed by atoms with van der Waals surface area (Å²) < 4.78 is 0. The molecule has 3 rings (SSSR count). The van der Waals surface area contributed by atoms with Crippen molar-refractivity contribution in [2.75, 3.05) is 12.9 Å². The summed E-state index contributed by atoms with van der Waals surface area (Å²) in [5, 5.41) is 1.04. The van der Waals surface area contributed by atoms with Crippen LogP contribution in [0.4, 0.5) is 0 Å². The maximum atomic E-state index is 13.1. The maximum absolute atomic E-state index is 13.1. The van der Waals surface area contributed by atoms with Gasteiger partial charge < -0.3 is 4.90 Å². The van der Waals surface area contributed by atoms with Gasteiger partial charge in [0.2, 0.25) is 0 Å². The number of pyridine rings is 1. The molecule has 1 aromatic heterocycles. The van der Waals surface area contributed by atoms with E-state index in [1.54, 1.807) is 4.90 Å². The lowest BCUT2D eigenvalue weighted by Gasteiger charge is -2.28. The molecule has 0 saturated carbocycles. The normalized spacial score (nSPS) is 13.4. The van der Waals surface area contributed by atoms with Crippen LogP contribution in [0.3, 0.4) is 0 Å². The van der Waals surface area contributed by atoms with Gasteiger partial charge in [-0.3, -0.25) is 4.79 Å². The lowest BCUT2D eigenvalue weighted by Crippen LogP contribution is -2.40. The number of carbonyl (C=O) groups is 1. The monoisotopic (exact) mass is 366 g/mol. The minimum atomic E-state index is -0.0857. The first-order valence-corrected chi connectivity index (χ1v) is 9.34. The molecule has 0 aliphatic heterocycles. The lowest BCUT2D eigenvalue weighted by molar-refractivity contribution is 0.0703. The molecule has 0 spiro atoms. The molecule has 2 atom stereocenters. The Morgan fingerprint density at radius 3 is 2.42 bits per heavy atom. The number of para-hydroxylation sites is 1. The molecule has 3 nitrogen and oxygen atoms in total. The van der Waals surface area contributed by atoms with Crippen LogP contribution >= 0.6 is 11.6 Å². The number of benzene rings is 2. The maximum Gasteiger partial charge on any atom is 0.272 e. The van der Waals surface area contributed by atoms with Gasteiger partial charge in [0.15, 0.2) is 0 Å². The number of fused-ring (bicyclic) bond motifs is 1. The fraction of sp³-hybridized carbons (Fsp3) is 0.273. The summed E-state index contributed by atoms with van der Waals surface area (Å²) in [5.74, 6) is 0.635. The van der Waals surface area contributed by atoms with E-state index in [9.17, 15) is 4.79 Å². The molecular weight excluding hydrogens is 344 g/mol. The summed E-state index contributed by atoms with van der Waals surface area (Å²) in [6.07, 6.45) is 0. The van der Waals surface area contributed by atoms with E-state index in [1.165, 1.54) is 0 Å². The molecule has 0 fully saturated rings. The van der Waals surface area contributed by atoms with Crippen LogP contribution in [0.15, 0.2) is 60.7 Å². The third kappa shape index (κ3) is 3.58. The van der Waals surface area contributed by atoms with E-state index in [1.807, 2.05) is 69.4 Å². The van der Waals surface area contributed by atoms with Crippen molar-refractivity contribution in [2.24, 2.45) is 5.92 Å². The smallest absolute Gasteiger partial charge is 0.272 e. The van der Waals surface area contributed by atoms with Gasteiger partial charge in [-0.1, -0.05) is 55.5 Å². The molecule has 1 heterocycles. The van der Waals surface area contributed by atoms with Gasteiger partial charge in [-0.05, 0) is 36.1 Å². The standard InChI is InChI=1S/C22H23ClN2O/c1-15(14-23)16(2)25(3)22(26)21-13-19(17-9-5-4-6-10-17)18-11-7-8-12-20(18)24-21/h4-13,15-16H,14H2,1-3H3/t15-,16?/m0/s1. The highest BCUT2D eigenvalue weighted by Gasteiger charge is 2.23. The first-order valence-electron chi connectivity index (χ1n) is 8.81. The second-order valence-electron chi connectivity index (χ2n) is 6.73. The summed E-state index contributed by atoms with van der Waals surface area (Å²) in [5.41, 5.74) is 3.37. The highest BCUT2D eigenvalue weighted by molar-refractivity contribution is 6.18. The van der Waals surface area contributed by atoms with Crippen LogP contribution in [0.1, 0.15) is 24.3 Å². The van der Waals surface area contributed by atoms with Crippen LogP contribution in [-0.2, 0) is 0 Å². The minimum absolute atomic E-state index is 0.0356. The van der Waals surface area contributed by atoms with Crippen LogP contribution in [-0.4, -0.2) is 34.8 Å².